The molecule has 1 heterocycles. The van der Waals surface area contributed by atoms with Crippen molar-refractivity contribution in [2.45, 2.75) is 24.8 Å². The van der Waals surface area contributed by atoms with Gasteiger partial charge in [0.05, 0.1) is 12.0 Å². The van der Waals surface area contributed by atoms with Crippen molar-refractivity contribution in [1.29, 1.82) is 0 Å². The molecule has 1 saturated heterocycles. The summed E-state index contributed by atoms with van der Waals surface area (Å²) in [4.78, 5) is 21.5. The Hall–Kier alpha value is -0.860. The molecule has 1 spiro atoms. The summed E-state index contributed by atoms with van der Waals surface area (Å²) in [7, 11) is 0. The van der Waals surface area contributed by atoms with Gasteiger partial charge in [-0.15, -0.1) is 0 Å². The van der Waals surface area contributed by atoms with Crippen molar-refractivity contribution in [3.63, 3.8) is 0 Å². The standard InChI is InChI=1S/C6H7NO2/c8-4-3-5(9)7-6(4)1-2-6/h1-3H2,(H,7,9). The van der Waals surface area contributed by atoms with Gasteiger partial charge in [-0.3, -0.25) is 9.59 Å². The highest BCUT2D eigenvalue weighted by atomic mass is 16.2. The lowest BCUT2D eigenvalue weighted by Gasteiger charge is -2.00. The molecule has 1 amide bonds. The van der Waals surface area contributed by atoms with Crippen LogP contribution in [0.25, 0.3) is 0 Å². The van der Waals surface area contributed by atoms with Crippen molar-refractivity contribution in [2.75, 3.05) is 0 Å². The molecule has 3 nitrogen and oxygen atoms in total. The molecule has 3 heteroatoms. The Labute approximate surface area is 52.4 Å². The first-order valence-electron chi connectivity index (χ1n) is 3.07. The van der Waals surface area contributed by atoms with Gasteiger partial charge in [-0.25, -0.2) is 0 Å². The highest BCUT2D eigenvalue weighted by Gasteiger charge is 2.54. The molecule has 0 unspecified atom stereocenters. The van der Waals surface area contributed by atoms with Crippen molar-refractivity contribution in [3.8, 4) is 0 Å². The van der Waals surface area contributed by atoms with Crippen LogP contribution in [0, 0.1) is 0 Å². The Balaban J connectivity index is 2.28. The van der Waals surface area contributed by atoms with Crippen LogP contribution in [0.5, 0.6) is 0 Å². The predicted molar refractivity (Wildman–Crippen MR) is 29.7 cm³/mol. The number of nitrogens with one attached hydrogen (secondary N) is 1. The van der Waals surface area contributed by atoms with Gasteiger partial charge >= 0.3 is 0 Å². The van der Waals surface area contributed by atoms with E-state index in [1.807, 2.05) is 0 Å². The first-order valence-corrected chi connectivity index (χ1v) is 3.07. The molecule has 2 fully saturated rings. The van der Waals surface area contributed by atoms with E-state index in [1.54, 1.807) is 0 Å². The average Bonchev–Trinajstić information content (AvgIpc) is 2.42. The molecular weight excluding hydrogens is 118 g/mol. The fourth-order valence-corrected chi connectivity index (χ4v) is 1.22. The number of amides is 1. The van der Waals surface area contributed by atoms with E-state index in [2.05, 4.69) is 5.32 Å². The maximum Gasteiger partial charge on any atom is 0.228 e. The second-order valence-corrected chi connectivity index (χ2v) is 2.73. The van der Waals surface area contributed by atoms with Gasteiger partial charge < -0.3 is 5.32 Å². The van der Waals surface area contributed by atoms with Crippen LogP contribution in [0.2, 0.25) is 0 Å². The molecule has 0 aromatic rings. The minimum Gasteiger partial charge on any atom is -0.343 e. The van der Waals surface area contributed by atoms with Crippen LogP contribution in [0.3, 0.4) is 0 Å². The zero-order chi connectivity index (χ0) is 6.48. The van der Waals surface area contributed by atoms with E-state index in [4.69, 9.17) is 0 Å². The number of Topliss-reactive ketones (excluding diaryl/α,β-unsaturated/α-hetero) is 1. The van der Waals surface area contributed by atoms with Crippen molar-refractivity contribution in [2.24, 2.45) is 0 Å². The summed E-state index contributed by atoms with van der Waals surface area (Å²) in [6.07, 6.45) is 1.83. The quantitative estimate of drug-likeness (QED) is 0.448. The van der Waals surface area contributed by atoms with Gasteiger partial charge in [0.15, 0.2) is 5.78 Å². The van der Waals surface area contributed by atoms with E-state index in [-0.39, 0.29) is 23.7 Å². The Morgan fingerprint density at radius 1 is 1.33 bits per heavy atom. The van der Waals surface area contributed by atoms with Crippen LogP contribution in [-0.2, 0) is 9.59 Å². The van der Waals surface area contributed by atoms with Gasteiger partial charge in [0, 0.05) is 0 Å². The van der Waals surface area contributed by atoms with E-state index in [0.717, 1.165) is 12.8 Å². The van der Waals surface area contributed by atoms with Crippen LogP contribution in [-0.4, -0.2) is 17.2 Å². The van der Waals surface area contributed by atoms with E-state index >= 15 is 0 Å². The largest absolute Gasteiger partial charge is 0.343 e. The lowest BCUT2D eigenvalue weighted by Crippen LogP contribution is -2.30. The zero-order valence-electron chi connectivity index (χ0n) is 4.94. The van der Waals surface area contributed by atoms with Crippen LogP contribution in [0.4, 0.5) is 0 Å². The second kappa shape index (κ2) is 1.17. The lowest BCUT2D eigenvalue weighted by molar-refractivity contribution is -0.122. The fraction of sp³-hybridized carbons (Fsp3) is 0.667. The number of rotatable bonds is 0. The maximum absolute atomic E-state index is 10.9. The molecule has 1 N–H and O–H groups in total. The molecule has 2 aliphatic rings. The van der Waals surface area contributed by atoms with E-state index in [1.165, 1.54) is 0 Å². The number of hydrogen-bond donors (Lipinski definition) is 1. The van der Waals surface area contributed by atoms with Crippen LogP contribution < -0.4 is 5.32 Å². The number of ketones is 1. The van der Waals surface area contributed by atoms with Gasteiger partial charge in [0.2, 0.25) is 5.91 Å². The Morgan fingerprint density at radius 3 is 2.22 bits per heavy atom. The van der Waals surface area contributed by atoms with Gasteiger partial charge in [0.25, 0.3) is 0 Å². The molecule has 0 atom stereocenters. The van der Waals surface area contributed by atoms with E-state index < -0.39 is 0 Å². The minimum absolute atomic E-state index is 0.0903. The summed E-state index contributed by atoms with van der Waals surface area (Å²) < 4.78 is 0. The summed E-state index contributed by atoms with van der Waals surface area (Å²) in [5.74, 6) is -0.00926. The molecule has 1 saturated carbocycles. The van der Waals surface area contributed by atoms with Crippen molar-refractivity contribution < 1.29 is 9.59 Å². The van der Waals surface area contributed by atoms with Crippen LogP contribution in [0.1, 0.15) is 19.3 Å². The first kappa shape index (κ1) is 4.97. The molecule has 0 bridgehead atoms. The number of hydrogen-bond acceptors (Lipinski definition) is 2. The molecule has 0 radical (unpaired) electrons. The highest BCUT2D eigenvalue weighted by molar-refractivity contribution is 6.11. The molecule has 48 valence electrons. The van der Waals surface area contributed by atoms with Crippen molar-refractivity contribution >= 4 is 11.7 Å². The number of carbonyl (C=O) groups excluding carboxylic acids is 2. The van der Waals surface area contributed by atoms with Gasteiger partial charge in [-0.2, -0.15) is 0 Å². The van der Waals surface area contributed by atoms with Gasteiger partial charge in [-0.05, 0) is 12.8 Å². The first-order chi connectivity index (χ1) is 4.23. The third-order valence-electron chi connectivity index (χ3n) is 1.98. The SMILES string of the molecule is O=C1CC(=O)C2(CC2)N1. The zero-order valence-corrected chi connectivity index (χ0v) is 4.94. The molecule has 1 aliphatic carbocycles. The van der Waals surface area contributed by atoms with Gasteiger partial charge in [0.1, 0.15) is 0 Å². The third-order valence-corrected chi connectivity index (χ3v) is 1.98. The fourth-order valence-electron chi connectivity index (χ4n) is 1.22. The van der Waals surface area contributed by atoms with Crippen molar-refractivity contribution in [3.05, 3.63) is 0 Å². The third kappa shape index (κ3) is 0.515. The van der Waals surface area contributed by atoms with Crippen molar-refractivity contribution in [1.82, 2.24) is 5.32 Å². The molecule has 1 aliphatic heterocycles. The van der Waals surface area contributed by atoms with Crippen LogP contribution >= 0.6 is 0 Å². The topological polar surface area (TPSA) is 46.2 Å². The molecule has 2 rings (SSSR count). The van der Waals surface area contributed by atoms with Crippen LogP contribution in [0.15, 0.2) is 0 Å². The lowest BCUT2D eigenvalue weighted by atomic mass is 10.2. The molecule has 0 aromatic heterocycles. The summed E-state index contributed by atoms with van der Waals surface area (Å²) in [5, 5.41) is 2.67. The minimum atomic E-state index is -0.364. The Morgan fingerprint density at radius 2 is 2.00 bits per heavy atom. The predicted octanol–water partition coefficient (Wildman–Crippen LogP) is -0.392. The normalized spacial score (nSPS) is 28.9. The van der Waals surface area contributed by atoms with E-state index in [0.29, 0.717) is 0 Å². The smallest absolute Gasteiger partial charge is 0.228 e. The molecule has 0 aromatic carbocycles. The monoisotopic (exact) mass is 125 g/mol. The Kier molecular flexibility index (Phi) is 0.648. The highest BCUT2D eigenvalue weighted by Crippen LogP contribution is 2.40. The summed E-state index contributed by atoms with van der Waals surface area (Å²) >= 11 is 0. The summed E-state index contributed by atoms with van der Waals surface area (Å²) in [6.45, 7) is 0. The second-order valence-electron chi connectivity index (χ2n) is 2.73. The molecule has 9 heavy (non-hydrogen) atoms. The Bertz CT molecular complexity index is 193. The summed E-state index contributed by atoms with van der Waals surface area (Å²) in [5.41, 5.74) is -0.364. The molecular formula is C6H7NO2. The summed E-state index contributed by atoms with van der Waals surface area (Å²) in [6, 6.07) is 0. The van der Waals surface area contributed by atoms with E-state index in [9.17, 15) is 9.59 Å². The average molecular weight is 125 g/mol. The number of carbonyl (C=O) groups is 2. The van der Waals surface area contributed by atoms with Gasteiger partial charge in [-0.1, -0.05) is 0 Å². The maximum atomic E-state index is 10.9.